The molecule has 1 unspecified atom stereocenters. The van der Waals surface area contributed by atoms with Gasteiger partial charge in [-0.05, 0) is 19.6 Å². The van der Waals surface area contributed by atoms with Crippen LogP contribution in [0.1, 0.15) is 12.8 Å². The van der Waals surface area contributed by atoms with Gasteiger partial charge in [0.1, 0.15) is 6.42 Å². The van der Waals surface area contributed by atoms with E-state index in [0.29, 0.717) is 0 Å². The van der Waals surface area contributed by atoms with E-state index in [1.165, 1.54) is 6.08 Å². The first kappa shape index (κ1) is 13.8. The summed E-state index contributed by atoms with van der Waals surface area (Å²) in [5, 5.41) is 10.6. The topological polar surface area (TPSA) is 69.4 Å². The Morgan fingerprint density at radius 3 is 2.47 bits per heavy atom. The van der Waals surface area contributed by atoms with Gasteiger partial charge < -0.3 is 4.43 Å². The Labute approximate surface area is 90.4 Å². The molecule has 0 aliphatic heterocycles. The van der Waals surface area contributed by atoms with Crippen molar-refractivity contribution in [1.82, 2.24) is 0 Å². The van der Waals surface area contributed by atoms with Crippen molar-refractivity contribution in [3.8, 4) is 0 Å². The highest BCUT2D eigenvalue weighted by molar-refractivity contribution is 6.71. The first-order chi connectivity index (χ1) is 6.76. The summed E-state index contributed by atoms with van der Waals surface area (Å²) in [6, 6.07) is -0.911. The van der Waals surface area contributed by atoms with Crippen LogP contribution < -0.4 is 0 Å². The van der Waals surface area contributed by atoms with Crippen molar-refractivity contribution in [2.45, 2.75) is 38.5 Å². The van der Waals surface area contributed by atoms with Crippen LogP contribution in [0.2, 0.25) is 19.6 Å². The molecule has 6 heteroatoms. The first-order valence-electron chi connectivity index (χ1n) is 4.72. The fourth-order valence-electron chi connectivity index (χ4n) is 1.01. The maximum atomic E-state index is 11.3. The standard InChI is InChI=1S/C9H17NO4Si/c1-5-6-8(10(12)13)7-9(11)14-15(2,3)4/h5,8H,1,6-7H2,2-4H3. The quantitative estimate of drug-likeness (QED) is 0.303. The highest BCUT2D eigenvalue weighted by atomic mass is 28.4. The third kappa shape index (κ3) is 6.84. The fraction of sp³-hybridized carbons (Fsp3) is 0.667. The molecule has 0 saturated carbocycles. The number of hydrogen-bond donors (Lipinski definition) is 0. The number of carbonyl (C=O) groups excluding carboxylic acids is 1. The minimum Gasteiger partial charge on any atom is -0.520 e. The summed E-state index contributed by atoms with van der Waals surface area (Å²) in [6.07, 6.45) is 1.45. The average Bonchev–Trinajstić information content (AvgIpc) is 1.99. The van der Waals surface area contributed by atoms with E-state index in [2.05, 4.69) is 6.58 Å². The van der Waals surface area contributed by atoms with Crippen molar-refractivity contribution in [2.75, 3.05) is 0 Å². The second-order valence-electron chi connectivity index (χ2n) is 4.25. The summed E-state index contributed by atoms with van der Waals surface area (Å²) >= 11 is 0. The minimum absolute atomic E-state index is 0.177. The molecule has 0 aromatic rings. The number of nitrogens with zero attached hydrogens (tertiary/aromatic N) is 1. The summed E-state index contributed by atoms with van der Waals surface area (Å²) in [7, 11) is -1.94. The molecule has 0 aromatic heterocycles. The number of nitro groups is 1. The van der Waals surface area contributed by atoms with Crippen molar-refractivity contribution in [1.29, 1.82) is 0 Å². The monoisotopic (exact) mass is 231 g/mol. The van der Waals surface area contributed by atoms with Crippen LogP contribution in [0.5, 0.6) is 0 Å². The second kappa shape index (κ2) is 5.65. The van der Waals surface area contributed by atoms with Crippen LogP contribution >= 0.6 is 0 Å². The lowest BCUT2D eigenvalue weighted by atomic mass is 10.1. The second-order valence-corrected chi connectivity index (χ2v) is 8.68. The smallest absolute Gasteiger partial charge is 0.299 e. The van der Waals surface area contributed by atoms with E-state index in [9.17, 15) is 14.9 Å². The predicted molar refractivity (Wildman–Crippen MR) is 59.7 cm³/mol. The molecule has 0 rings (SSSR count). The normalized spacial score (nSPS) is 13.0. The van der Waals surface area contributed by atoms with E-state index in [-0.39, 0.29) is 12.8 Å². The third-order valence-electron chi connectivity index (χ3n) is 1.56. The van der Waals surface area contributed by atoms with Gasteiger partial charge >= 0.3 is 0 Å². The lowest BCUT2D eigenvalue weighted by Crippen LogP contribution is -2.32. The van der Waals surface area contributed by atoms with Crippen LogP contribution in [-0.4, -0.2) is 25.3 Å². The Bertz CT molecular complexity index is 259. The summed E-state index contributed by atoms with van der Waals surface area (Å²) in [4.78, 5) is 21.4. The van der Waals surface area contributed by atoms with Crippen LogP contribution in [0.25, 0.3) is 0 Å². The van der Waals surface area contributed by atoms with E-state index in [0.717, 1.165) is 0 Å². The molecule has 15 heavy (non-hydrogen) atoms. The molecule has 0 fully saturated rings. The van der Waals surface area contributed by atoms with E-state index < -0.39 is 25.3 Å². The SMILES string of the molecule is C=CCC(CC(=O)O[Si](C)(C)C)[N+](=O)[O-]. The molecule has 0 aliphatic rings. The highest BCUT2D eigenvalue weighted by Gasteiger charge is 2.27. The zero-order valence-electron chi connectivity index (χ0n) is 9.36. The molecule has 0 aromatic carbocycles. The van der Waals surface area contributed by atoms with Crippen molar-refractivity contribution in [3.63, 3.8) is 0 Å². The molecule has 0 amide bonds. The van der Waals surface area contributed by atoms with Crippen LogP contribution in [0, 0.1) is 10.1 Å². The van der Waals surface area contributed by atoms with E-state index in [1.807, 2.05) is 19.6 Å². The molecule has 0 aliphatic carbocycles. The van der Waals surface area contributed by atoms with Gasteiger partial charge in [-0.15, -0.1) is 6.58 Å². The van der Waals surface area contributed by atoms with Gasteiger partial charge in [-0.1, -0.05) is 6.08 Å². The van der Waals surface area contributed by atoms with Gasteiger partial charge in [0.25, 0.3) is 5.97 Å². The largest absolute Gasteiger partial charge is 0.520 e. The van der Waals surface area contributed by atoms with Crippen LogP contribution in [-0.2, 0) is 9.22 Å². The van der Waals surface area contributed by atoms with Crippen LogP contribution in [0.15, 0.2) is 12.7 Å². The summed E-state index contributed by atoms with van der Waals surface area (Å²) in [6.45, 7) is 9.00. The molecule has 0 saturated heterocycles. The molecule has 86 valence electrons. The third-order valence-corrected chi connectivity index (χ3v) is 2.40. The molecular formula is C9H17NO4Si. The Morgan fingerprint density at radius 1 is 1.60 bits per heavy atom. The first-order valence-corrected chi connectivity index (χ1v) is 8.13. The Balaban J connectivity index is 4.23. The molecule has 0 spiro atoms. The molecule has 1 atom stereocenters. The average molecular weight is 231 g/mol. The lowest BCUT2D eigenvalue weighted by molar-refractivity contribution is -0.520. The van der Waals surface area contributed by atoms with Gasteiger partial charge in [-0.25, -0.2) is 0 Å². The Morgan fingerprint density at radius 2 is 2.13 bits per heavy atom. The van der Waals surface area contributed by atoms with Crippen molar-refractivity contribution in [2.24, 2.45) is 0 Å². The van der Waals surface area contributed by atoms with Crippen molar-refractivity contribution < 1.29 is 14.1 Å². The predicted octanol–water partition coefficient (Wildman–Crippen LogP) is 1.98. The molecule has 0 heterocycles. The van der Waals surface area contributed by atoms with E-state index in [4.69, 9.17) is 4.43 Å². The number of hydrogen-bond acceptors (Lipinski definition) is 4. The van der Waals surface area contributed by atoms with Crippen LogP contribution in [0.3, 0.4) is 0 Å². The summed E-state index contributed by atoms with van der Waals surface area (Å²) < 4.78 is 5.13. The Kier molecular flexibility index (Phi) is 5.20. The van der Waals surface area contributed by atoms with Gasteiger partial charge in [-0.3, -0.25) is 14.9 Å². The zero-order valence-corrected chi connectivity index (χ0v) is 10.4. The highest BCUT2D eigenvalue weighted by Crippen LogP contribution is 2.09. The fourth-order valence-corrected chi connectivity index (χ4v) is 1.78. The maximum absolute atomic E-state index is 11.3. The molecule has 0 radical (unpaired) electrons. The van der Waals surface area contributed by atoms with Gasteiger partial charge in [0.2, 0.25) is 14.4 Å². The van der Waals surface area contributed by atoms with Crippen molar-refractivity contribution in [3.05, 3.63) is 22.8 Å². The zero-order chi connectivity index (χ0) is 12.1. The lowest BCUT2D eigenvalue weighted by Gasteiger charge is -2.17. The Hall–Kier alpha value is -1.17. The van der Waals surface area contributed by atoms with E-state index >= 15 is 0 Å². The van der Waals surface area contributed by atoms with Gasteiger partial charge in [0.05, 0.1) is 0 Å². The molecule has 0 bridgehead atoms. The molecular weight excluding hydrogens is 214 g/mol. The maximum Gasteiger partial charge on any atom is 0.299 e. The minimum atomic E-state index is -1.94. The number of carbonyl (C=O) groups is 1. The van der Waals surface area contributed by atoms with Gasteiger partial charge in [-0.2, -0.15) is 0 Å². The molecule has 0 N–H and O–H groups in total. The van der Waals surface area contributed by atoms with Gasteiger partial charge in [0, 0.05) is 11.3 Å². The summed E-state index contributed by atoms with van der Waals surface area (Å²) in [5.41, 5.74) is 0. The molecule has 5 nitrogen and oxygen atoms in total. The number of rotatable bonds is 6. The summed E-state index contributed by atoms with van der Waals surface area (Å²) in [5.74, 6) is -0.488. The van der Waals surface area contributed by atoms with E-state index in [1.54, 1.807) is 0 Å². The van der Waals surface area contributed by atoms with Crippen LogP contribution in [0.4, 0.5) is 0 Å². The van der Waals surface area contributed by atoms with Gasteiger partial charge in [0.15, 0.2) is 0 Å². The van der Waals surface area contributed by atoms with Crippen molar-refractivity contribution >= 4 is 14.3 Å².